The minimum Gasteiger partial charge on any atom is -0.456 e. The third-order valence-corrected chi connectivity index (χ3v) is 2.22. The molecule has 0 aliphatic carbocycles. The summed E-state index contributed by atoms with van der Waals surface area (Å²) in [5, 5.41) is 2.07. The molecule has 0 heterocycles. The van der Waals surface area contributed by atoms with E-state index in [4.69, 9.17) is 4.74 Å². The first-order valence-corrected chi connectivity index (χ1v) is 5.97. The van der Waals surface area contributed by atoms with E-state index in [0.717, 1.165) is 0 Å². The van der Waals surface area contributed by atoms with Crippen molar-refractivity contribution in [2.24, 2.45) is 0 Å². The molecule has 0 fully saturated rings. The summed E-state index contributed by atoms with van der Waals surface area (Å²) in [5.41, 5.74) is 0.583. The van der Waals surface area contributed by atoms with Crippen LogP contribution < -0.4 is 5.32 Å². The number of rotatable bonds is 4. The third kappa shape index (κ3) is 5.50. The second-order valence-electron chi connectivity index (χ2n) is 5.11. The Morgan fingerprint density at radius 1 is 1.21 bits per heavy atom. The molecule has 1 aromatic carbocycles. The van der Waals surface area contributed by atoms with Gasteiger partial charge in [-0.2, -0.15) is 0 Å². The van der Waals surface area contributed by atoms with Gasteiger partial charge in [0.15, 0.2) is 6.80 Å². The zero-order chi connectivity index (χ0) is 14.5. The van der Waals surface area contributed by atoms with Crippen LogP contribution in [0.5, 0.6) is 0 Å². The molecule has 0 aliphatic heterocycles. The van der Waals surface area contributed by atoms with Crippen molar-refractivity contribution < 1.29 is 18.7 Å². The van der Waals surface area contributed by atoms with Gasteiger partial charge in [-0.25, -0.2) is 9.18 Å². The van der Waals surface area contributed by atoms with Crippen LogP contribution in [0.15, 0.2) is 24.3 Å². The molecule has 1 aromatic rings. The number of carbonyl (C=O) groups is 2. The largest absolute Gasteiger partial charge is 0.456 e. The summed E-state index contributed by atoms with van der Waals surface area (Å²) in [6.07, 6.45) is 0.0819. The Morgan fingerprint density at radius 3 is 2.26 bits per heavy atom. The van der Waals surface area contributed by atoms with Gasteiger partial charge < -0.3 is 10.1 Å². The van der Waals surface area contributed by atoms with E-state index >= 15 is 0 Å². The molecular formula is C14H18FNO3. The fraction of sp³-hybridized carbons (Fsp3) is 0.429. The number of alkyl halides is 1. The van der Waals surface area contributed by atoms with Crippen molar-refractivity contribution in [3.63, 3.8) is 0 Å². The summed E-state index contributed by atoms with van der Waals surface area (Å²) in [4.78, 5) is 22.9. The molecule has 0 aliphatic rings. The van der Waals surface area contributed by atoms with Gasteiger partial charge in [-0.15, -0.1) is 0 Å². The normalized spacial score (nSPS) is 10.9. The second kappa shape index (κ2) is 6.31. The van der Waals surface area contributed by atoms with Crippen LogP contribution in [0.25, 0.3) is 0 Å². The van der Waals surface area contributed by atoms with E-state index in [2.05, 4.69) is 5.32 Å². The Bertz CT molecular complexity index is 449. The molecule has 104 valence electrons. The van der Waals surface area contributed by atoms with Gasteiger partial charge in [0.1, 0.15) is 5.60 Å². The summed E-state index contributed by atoms with van der Waals surface area (Å²) in [6, 6.07) is 6.48. The highest BCUT2D eigenvalue weighted by Crippen LogP contribution is 2.13. The van der Waals surface area contributed by atoms with Gasteiger partial charge in [0, 0.05) is 0 Å². The average molecular weight is 267 g/mol. The minimum absolute atomic E-state index is 0.0819. The number of halogens is 1. The van der Waals surface area contributed by atoms with Crippen molar-refractivity contribution in [1.29, 1.82) is 0 Å². The smallest absolute Gasteiger partial charge is 0.338 e. The zero-order valence-corrected chi connectivity index (χ0v) is 11.3. The number of ether oxygens (including phenoxy) is 1. The summed E-state index contributed by atoms with van der Waals surface area (Å²) >= 11 is 0. The molecule has 0 radical (unpaired) electrons. The lowest BCUT2D eigenvalue weighted by Gasteiger charge is -2.19. The highest BCUT2D eigenvalue weighted by molar-refractivity contribution is 5.89. The van der Waals surface area contributed by atoms with E-state index in [1.165, 1.54) is 0 Å². The van der Waals surface area contributed by atoms with Crippen LogP contribution in [0.2, 0.25) is 0 Å². The fourth-order valence-electron chi connectivity index (χ4n) is 1.42. The minimum atomic E-state index is -0.880. The summed E-state index contributed by atoms with van der Waals surface area (Å²) in [6.45, 7) is 4.50. The van der Waals surface area contributed by atoms with E-state index in [9.17, 15) is 14.0 Å². The van der Waals surface area contributed by atoms with Crippen LogP contribution >= 0.6 is 0 Å². The molecule has 0 bridgehead atoms. The van der Waals surface area contributed by atoms with Crippen molar-refractivity contribution in [3.05, 3.63) is 35.4 Å². The fourth-order valence-corrected chi connectivity index (χ4v) is 1.42. The number of hydrogen-bond donors (Lipinski definition) is 1. The third-order valence-electron chi connectivity index (χ3n) is 2.22. The molecule has 0 atom stereocenters. The average Bonchev–Trinajstić information content (AvgIpc) is 2.27. The summed E-state index contributed by atoms with van der Waals surface area (Å²) < 4.78 is 17.1. The van der Waals surface area contributed by atoms with Gasteiger partial charge in [-0.3, -0.25) is 4.79 Å². The quantitative estimate of drug-likeness (QED) is 0.672. The molecule has 0 spiro atoms. The van der Waals surface area contributed by atoms with Crippen molar-refractivity contribution in [1.82, 2.24) is 5.32 Å². The maximum absolute atomic E-state index is 11.9. The first-order chi connectivity index (χ1) is 8.81. The van der Waals surface area contributed by atoms with Crippen molar-refractivity contribution in [2.75, 3.05) is 6.80 Å². The van der Waals surface area contributed by atoms with Gasteiger partial charge in [0.25, 0.3) is 0 Å². The highest BCUT2D eigenvalue weighted by atomic mass is 19.1. The van der Waals surface area contributed by atoms with E-state index < -0.39 is 24.3 Å². The first kappa shape index (κ1) is 15.1. The van der Waals surface area contributed by atoms with Crippen molar-refractivity contribution in [3.8, 4) is 0 Å². The highest BCUT2D eigenvalue weighted by Gasteiger charge is 2.17. The predicted molar refractivity (Wildman–Crippen MR) is 69.4 cm³/mol. The maximum Gasteiger partial charge on any atom is 0.338 e. The SMILES string of the molecule is CC(C)(C)OC(=O)c1ccc(CC(=O)NCF)cc1. The Balaban J connectivity index is 2.66. The molecular weight excluding hydrogens is 249 g/mol. The zero-order valence-electron chi connectivity index (χ0n) is 11.3. The summed E-state index contributed by atoms with van der Waals surface area (Å²) in [7, 11) is 0. The topological polar surface area (TPSA) is 55.4 Å². The molecule has 1 N–H and O–H groups in total. The molecule has 0 saturated heterocycles. The Hall–Kier alpha value is -1.91. The van der Waals surface area contributed by atoms with Crippen LogP contribution in [0.4, 0.5) is 4.39 Å². The van der Waals surface area contributed by atoms with Gasteiger partial charge in [0.2, 0.25) is 5.91 Å². The van der Waals surface area contributed by atoms with Gasteiger partial charge in [0.05, 0.1) is 12.0 Å². The first-order valence-electron chi connectivity index (χ1n) is 5.97. The number of amides is 1. The standard InChI is InChI=1S/C14H18FNO3/c1-14(2,3)19-13(18)11-6-4-10(5-7-11)8-12(17)16-9-15/h4-7H,8-9H2,1-3H3,(H,16,17). The Kier molecular flexibility index (Phi) is 5.03. The molecule has 0 saturated carbocycles. The predicted octanol–water partition coefficient (Wildman–Crippen LogP) is 2.23. The van der Waals surface area contributed by atoms with Crippen molar-refractivity contribution in [2.45, 2.75) is 32.8 Å². The molecule has 1 rings (SSSR count). The molecule has 0 unspecified atom stereocenters. The molecule has 19 heavy (non-hydrogen) atoms. The van der Waals surface area contributed by atoms with Gasteiger partial charge >= 0.3 is 5.97 Å². The number of nitrogens with one attached hydrogen (secondary N) is 1. The van der Waals surface area contributed by atoms with Crippen LogP contribution in [-0.2, 0) is 16.0 Å². The Morgan fingerprint density at radius 2 is 1.79 bits per heavy atom. The monoisotopic (exact) mass is 267 g/mol. The van der Waals surface area contributed by atoms with E-state index in [-0.39, 0.29) is 6.42 Å². The lowest BCUT2D eigenvalue weighted by atomic mass is 10.1. The van der Waals surface area contributed by atoms with Crippen LogP contribution in [0, 0.1) is 0 Å². The van der Waals surface area contributed by atoms with E-state index in [0.29, 0.717) is 11.1 Å². The number of carbonyl (C=O) groups excluding carboxylic acids is 2. The van der Waals surface area contributed by atoms with Crippen LogP contribution in [0.1, 0.15) is 36.7 Å². The number of esters is 1. The van der Waals surface area contributed by atoms with E-state index in [1.54, 1.807) is 45.0 Å². The van der Waals surface area contributed by atoms with Gasteiger partial charge in [-0.05, 0) is 38.5 Å². The molecule has 0 aromatic heterocycles. The molecule has 4 nitrogen and oxygen atoms in total. The van der Waals surface area contributed by atoms with Gasteiger partial charge in [-0.1, -0.05) is 12.1 Å². The number of benzene rings is 1. The Labute approximate surface area is 112 Å². The maximum atomic E-state index is 11.9. The lowest BCUT2D eigenvalue weighted by molar-refractivity contribution is -0.120. The van der Waals surface area contributed by atoms with Crippen LogP contribution in [0.3, 0.4) is 0 Å². The lowest BCUT2D eigenvalue weighted by Crippen LogP contribution is -2.24. The van der Waals surface area contributed by atoms with E-state index in [1.807, 2.05) is 0 Å². The second-order valence-corrected chi connectivity index (χ2v) is 5.11. The van der Waals surface area contributed by atoms with Crippen LogP contribution in [-0.4, -0.2) is 24.3 Å². The molecule has 5 heteroatoms. The molecule has 1 amide bonds. The summed E-state index contributed by atoms with van der Waals surface area (Å²) in [5.74, 6) is -0.806. The number of hydrogen-bond acceptors (Lipinski definition) is 3. The van der Waals surface area contributed by atoms with Crippen molar-refractivity contribution >= 4 is 11.9 Å².